The van der Waals surface area contributed by atoms with Gasteiger partial charge < -0.3 is 20.0 Å². The van der Waals surface area contributed by atoms with Gasteiger partial charge in [0.15, 0.2) is 0 Å². The van der Waals surface area contributed by atoms with Crippen LogP contribution in [0.4, 0.5) is 21.5 Å². The van der Waals surface area contributed by atoms with Gasteiger partial charge in [-0.25, -0.2) is 13.4 Å². The molecule has 2 aliphatic rings. The minimum atomic E-state index is -3.25. The van der Waals surface area contributed by atoms with Crippen molar-refractivity contribution in [2.24, 2.45) is 0 Å². The molecule has 42 heavy (non-hydrogen) atoms. The van der Waals surface area contributed by atoms with Crippen molar-refractivity contribution in [2.75, 3.05) is 60.6 Å². The van der Waals surface area contributed by atoms with Gasteiger partial charge in [-0.3, -0.25) is 4.79 Å². The highest BCUT2D eigenvalue weighted by Gasteiger charge is 2.28. The number of amides is 1. The van der Waals surface area contributed by atoms with Crippen LogP contribution in [0.25, 0.3) is 0 Å². The number of aryl methyl sites for hydroxylation is 2. The highest BCUT2D eigenvalue weighted by atomic mass is 32.2. The van der Waals surface area contributed by atoms with Crippen LogP contribution in [0.3, 0.4) is 0 Å². The van der Waals surface area contributed by atoms with E-state index in [1.807, 2.05) is 47.1 Å². The number of carbonyl (C=O) groups excluding carboxylic acids is 1. The molecule has 0 radical (unpaired) electrons. The average Bonchev–Trinajstić information content (AvgIpc) is 2.98. The fourth-order valence-electron chi connectivity index (χ4n) is 6.02. The van der Waals surface area contributed by atoms with Gasteiger partial charge in [0.05, 0.1) is 26.7 Å². The lowest BCUT2D eigenvalue weighted by Crippen LogP contribution is -2.49. The maximum absolute atomic E-state index is 14.5. The zero-order valence-electron chi connectivity index (χ0n) is 24.3. The number of benzene rings is 3. The molecule has 8 nitrogen and oxygen atoms in total. The number of hydrogen-bond donors (Lipinski definition) is 2. The molecule has 0 aromatic heterocycles. The molecule has 1 amide bonds. The minimum Gasteiger partial charge on any atom is -0.382 e. The number of hydrogen-bond acceptors (Lipinski definition) is 7. The molecule has 0 unspecified atom stereocenters. The lowest BCUT2D eigenvalue weighted by Gasteiger charge is -2.37. The SMILES string of the molecule is Cc1cc(C)c(C(=O)N2CCN(c3cccc(F)c3[S@@](C)(=N)=O)CC2)cc1NC1CCN(c2ccccc2C#N)CC1.[HH].[HH]. The fraction of sp³-hybridized carbons (Fsp3) is 0.375. The zero-order chi connectivity index (χ0) is 30.0. The van der Waals surface area contributed by atoms with Crippen LogP contribution in [-0.2, 0) is 9.73 Å². The number of piperidine rings is 1. The Kier molecular flexibility index (Phi) is 8.41. The molecule has 0 bridgehead atoms. The predicted molar refractivity (Wildman–Crippen MR) is 170 cm³/mol. The van der Waals surface area contributed by atoms with E-state index >= 15 is 0 Å². The molecule has 2 fully saturated rings. The zero-order valence-corrected chi connectivity index (χ0v) is 25.1. The van der Waals surface area contributed by atoms with Crippen molar-refractivity contribution in [1.29, 1.82) is 10.0 Å². The van der Waals surface area contributed by atoms with E-state index in [0.29, 0.717) is 43.0 Å². The second-order valence-corrected chi connectivity index (χ2v) is 13.3. The van der Waals surface area contributed by atoms with Gasteiger partial charge in [0, 0.05) is 65.7 Å². The maximum atomic E-state index is 14.5. The summed E-state index contributed by atoms with van der Waals surface area (Å²) in [5.74, 6) is -0.682. The van der Waals surface area contributed by atoms with Gasteiger partial charge in [0.25, 0.3) is 5.91 Å². The second-order valence-electron chi connectivity index (χ2n) is 11.2. The first-order chi connectivity index (χ1) is 20.1. The third-order valence-corrected chi connectivity index (χ3v) is 9.45. The van der Waals surface area contributed by atoms with E-state index < -0.39 is 15.5 Å². The van der Waals surface area contributed by atoms with Crippen LogP contribution in [0.2, 0.25) is 0 Å². The Balaban J connectivity index is 0.00000264. The van der Waals surface area contributed by atoms with Crippen LogP contribution >= 0.6 is 0 Å². The number of nitriles is 1. The quantitative estimate of drug-likeness (QED) is 0.370. The third kappa shape index (κ3) is 6.07. The van der Waals surface area contributed by atoms with Crippen LogP contribution in [0.1, 0.15) is 42.7 Å². The van der Waals surface area contributed by atoms with Crippen molar-refractivity contribution < 1.29 is 16.2 Å². The topological polar surface area (TPSA) is 104 Å². The van der Waals surface area contributed by atoms with Gasteiger partial charge in [-0.05, 0) is 68.1 Å². The lowest BCUT2D eigenvalue weighted by atomic mass is 9.99. The van der Waals surface area contributed by atoms with Crippen LogP contribution in [0.15, 0.2) is 59.5 Å². The number of carbonyl (C=O) groups is 1. The monoisotopic (exact) mass is 592 g/mol. The van der Waals surface area contributed by atoms with Gasteiger partial charge in [0.2, 0.25) is 0 Å². The first kappa shape index (κ1) is 29.4. The van der Waals surface area contributed by atoms with Crippen LogP contribution in [0.5, 0.6) is 0 Å². The molecule has 3 aromatic carbocycles. The summed E-state index contributed by atoms with van der Waals surface area (Å²) >= 11 is 0. The number of rotatable bonds is 6. The largest absolute Gasteiger partial charge is 0.382 e. The summed E-state index contributed by atoms with van der Waals surface area (Å²) in [4.78, 5) is 19.6. The van der Waals surface area contributed by atoms with Crippen molar-refractivity contribution in [3.63, 3.8) is 0 Å². The standard InChI is InChI=1S/C32H37FN6O2S.2H2/c1-22-19-23(2)28(36-25-11-13-37(14-12-25)29-9-5-4-7-24(29)21-34)20-26(22)32(40)39-17-15-38(16-18-39)30-10-6-8-27(33)31(30)42(3,35)41;;/h4-10,19-20,25,35-36H,11-18H2,1-3H3;2*1H/t42-;;/m0../s1. The molecule has 1 atom stereocenters. The van der Waals surface area contributed by atoms with Gasteiger partial charge in [-0.15, -0.1) is 0 Å². The Morgan fingerprint density at radius 2 is 1.62 bits per heavy atom. The number of anilines is 3. The highest BCUT2D eigenvalue weighted by Crippen LogP contribution is 2.31. The summed E-state index contributed by atoms with van der Waals surface area (Å²) in [5, 5.41) is 13.2. The van der Waals surface area contributed by atoms with Gasteiger partial charge in [0.1, 0.15) is 16.8 Å². The number of piperazine rings is 1. The summed E-state index contributed by atoms with van der Waals surface area (Å²) in [7, 11) is -3.25. The third-order valence-electron chi connectivity index (χ3n) is 8.26. The summed E-state index contributed by atoms with van der Waals surface area (Å²) in [6, 6.07) is 18.8. The molecule has 0 aliphatic carbocycles. The van der Waals surface area contributed by atoms with Crippen LogP contribution < -0.4 is 15.1 Å². The number of para-hydroxylation sites is 1. The highest BCUT2D eigenvalue weighted by molar-refractivity contribution is 7.91. The molecule has 224 valence electrons. The Morgan fingerprint density at radius 1 is 0.976 bits per heavy atom. The van der Waals surface area contributed by atoms with Crippen molar-refractivity contribution >= 4 is 32.7 Å². The average molecular weight is 593 g/mol. The predicted octanol–water partition coefficient (Wildman–Crippen LogP) is 5.88. The smallest absolute Gasteiger partial charge is 0.254 e. The summed E-state index contributed by atoms with van der Waals surface area (Å²) in [5.41, 5.74) is 5.76. The van der Waals surface area contributed by atoms with Crippen molar-refractivity contribution in [3.05, 3.63) is 82.7 Å². The molecule has 2 aliphatic heterocycles. The van der Waals surface area contributed by atoms with Crippen LogP contribution in [0, 0.1) is 35.8 Å². The second kappa shape index (κ2) is 12.0. The van der Waals surface area contributed by atoms with Gasteiger partial charge >= 0.3 is 0 Å². The van der Waals surface area contributed by atoms with E-state index in [1.165, 1.54) is 12.3 Å². The van der Waals surface area contributed by atoms with Crippen LogP contribution in [-0.4, -0.2) is 66.6 Å². The molecule has 2 saturated heterocycles. The van der Waals surface area contributed by atoms with Crippen molar-refractivity contribution in [3.8, 4) is 6.07 Å². The Labute approximate surface area is 250 Å². The van der Waals surface area contributed by atoms with E-state index in [0.717, 1.165) is 48.4 Å². The molecular formula is C32H41FN6O2S. The van der Waals surface area contributed by atoms with E-state index in [1.54, 1.807) is 12.1 Å². The van der Waals surface area contributed by atoms with Crippen molar-refractivity contribution in [1.82, 2.24) is 4.90 Å². The normalized spacial score (nSPS) is 17.5. The van der Waals surface area contributed by atoms with E-state index in [-0.39, 0.29) is 19.7 Å². The number of nitrogens with one attached hydrogen (secondary N) is 2. The summed E-state index contributed by atoms with van der Waals surface area (Å²) in [6.07, 6.45) is 3.07. The maximum Gasteiger partial charge on any atom is 0.254 e. The molecule has 2 N–H and O–H groups in total. The first-order valence-corrected chi connectivity index (χ1v) is 16.2. The van der Waals surface area contributed by atoms with E-state index in [2.05, 4.69) is 29.3 Å². The molecule has 0 saturated carbocycles. The minimum absolute atomic E-state index is 0. The van der Waals surface area contributed by atoms with Gasteiger partial charge in [-0.2, -0.15) is 5.26 Å². The van der Waals surface area contributed by atoms with E-state index in [4.69, 9.17) is 4.78 Å². The Morgan fingerprint density at radius 3 is 2.29 bits per heavy atom. The number of nitrogens with zero attached hydrogens (tertiary/aromatic N) is 4. The molecule has 3 aromatic rings. The van der Waals surface area contributed by atoms with Crippen molar-refractivity contribution in [2.45, 2.75) is 37.6 Å². The molecular weight excluding hydrogens is 551 g/mol. The molecule has 0 spiro atoms. The summed E-state index contributed by atoms with van der Waals surface area (Å²) < 4.78 is 35.0. The lowest BCUT2D eigenvalue weighted by molar-refractivity contribution is 0.0746. The first-order valence-electron chi connectivity index (χ1n) is 14.2. The molecule has 2 heterocycles. The van der Waals surface area contributed by atoms with E-state index in [9.17, 15) is 18.7 Å². The Hall–Kier alpha value is -4.10. The Bertz CT molecular complexity index is 1650. The molecule has 5 rings (SSSR count). The summed E-state index contributed by atoms with van der Waals surface area (Å²) in [6.45, 7) is 7.50. The van der Waals surface area contributed by atoms with Gasteiger partial charge in [-0.1, -0.05) is 24.3 Å². The number of halogens is 1. The molecule has 10 heteroatoms. The fourth-order valence-corrected chi connectivity index (χ4v) is 7.06.